The van der Waals surface area contributed by atoms with Crippen molar-refractivity contribution in [1.29, 1.82) is 0 Å². The van der Waals surface area contributed by atoms with Crippen LogP contribution in [0.15, 0.2) is 5.16 Å². The van der Waals surface area contributed by atoms with E-state index in [1.807, 2.05) is 5.32 Å². The number of rotatable bonds is 10. The maximum Gasteiger partial charge on any atom is 0.404 e. The largest absolute Gasteiger partial charge is 0.465 e. The van der Waals surface area contributed by atoms with Gasteiger partial charge < -0.3 is 31.1 Å². The number of unbranched alkanes of at least 4 members (excludes halogenated alkanes) is 1. The van der Waals surface area contributed by atoms with Gasteiger partial charge in [-0.3, -0.25) is 0 Å². The zero-order valence-electron chi connectivity index (χ0n) is 18.4. The average Bonchev–Trinajstić information content (AvgIpc) is 3.34. The molecule has 1 fully saturated rings. The summed E-state index contributed by atoms with van der Waals surface area (Å²) in [6, 6.07) is -0.303. The van der Waals surface area contributed by atoms with Crippen molar-refractivity contribution in [1.82, 2.24) is 30.3 Å². The highest BCUT2D eigenvalue weighted by Gasteiger charge is 2.36. The lowest BCUT2D eigenvalue weighted by molar-refractivity contribution is 0.0215. The molecule has 12 nitrogen and oxygen atoms in total. The minimum absolute atomic E-state index is 0.106. The molecule has 1 aliphatic carbocycles. The Kier molecular flexibility index (Phi) is 10.9. The molecule has 1 saturated carbocycles. The molecule has 2 heterocycles. The molecule has 13 heteroatoms. The first-order valence-electron chi connectivity index (χ1n) is 10.9. The van der Waals surface area contributed by atoms with E-state index < -0.39 is 18.3 Å². The Bertz CT molecular complexity index is 853. The Morgan fingerprint density at radius 2 is 1.97 bits per heavy atom. The van der Waals surface area contributed by atoms with Gasteiger partial charge in [-0.25, -0.2) is 19.4 Å². The van der Waals surface area contributed by atoms with Gasteiger partial charge in [0.15, 0.2) is 22.1 Å². The highest BCUT2D eigenvalue weighted by Crippen LogP contribution is 2.33. The molecule has 3 rings (SSSR count). The Labute approximate surface area is 190 Å². The Hall–Kier alpha value is -2.22. The molecule has 0 aliphatic heterocycles. The molecule has 3 atom stereocenters. The number of aliphatic hydroxyl groups excluding tert-OH is 3. The van der Waals surface area contributed by atoms with Crippen LogP contribution in [0.5, 0.6) is 0 Å². The lowest BCUT2D eigenvalue weighted by Gasteiger charge is -2.16. The number of amides is 1. The number of nitrogens with zero attached hydrogens (tertiary/aromatic N) is 5. The summed E-state index contributed by atoms with van der Waals surface area (Å²) >= 11 is 1.60. The van der Waals surface area contributed by atoms with E-state index in [0.717, 1.165) is 31.6 Å². The normalized spacial score (nSPS) is 20.1. The topological polar surface area (TPSA) is 179 Å². The maximum absolute atomic E-state index is 10.2. The predicted octanol–water partition coefficient (Wildman–Crippen LogP) is 1.24. The number of fused-ring (bicyclic) bond motifs is 1. The zero-order chi connectivity index (χ0) is 23.5. The lowest BCUT2D eigenvalue weighted by atomic mass is 10.2. The van der Waals surface area contributed by atoms with Gasteiger partial charge in [-0.2, -0.15) is 0 Å². The van der Waals surface area contributed by atoms with Crippen molar-refractivity contribution in [2.45, 2.75) is 69.4 Å². The van der Waals surface area contributed by atoms with E-state index in [1.54, 1.807) is 16.4 Å². The van der Waals surface area contributed by atoms with Gasteiger partial charge in [0.1, 0.15) is 6.10 Å². The molecular formula is C19H33N7O5S. The van der Waals surface area contributed by atoms with Crippen LogP contribution in [0.4, 0.5) is 10.6 Å². The second-order valence-corrected chi connectivity index (χ2v) is 8.41. The smallest absolute Gasteiger partial charge is 0.404 e. The lowest BCUT2D eigenvalue weighted by Crippen LogP contribution is -2.28. The molecule has 32 heavy (non-hydrogen) atoms. The Morgan fingerprint density at radius 3 is 2.53 bits per heavy atom. The number of thioether (sulfide) groups is 1. The number of hydrogen-bond acceptors (Lipinski definition) is 10. The number of aromatic nitrogens is 5. The summed E-state index contributed by atoms with van der Waals surface area (Å²) in [6.45, 7) is 5.04. The van der Waals surface area contributed by atoms with Crippen LogP contribution in [0.25, 0.3) is 11.2 Å². The molecule has 0 radical (unpaired) electrons. The number of carbonyl (C=O) groups is 1. The monoisotopic (exact) mass is 471 g/mol. The Balaban J connectivity index is 0.000000451. The zero-order valence-corrected chi connectivity index (χ0v) is 19.3. The molecule has 6 N–H and O–H groups in total. The van der Waals surface area contributed by atoms with Gasteiger partial charge in [0.05, 0.1) is 18.8 Å². The van der Waals surface area contributed by atoms with Gasteiger partial charge in [-0.15, -0.1) is 5.10 Å². The summed E-state index contributed by atoms with van der Waals surface area (Å²) in [7, 11) is 0. The number of hydrogen-bond donors (Lipinski definition) is 6. The molecule has 0 aromatic carbocycles. The minimum Gasteiger partial charge on any atom is -0.465 e. The van der Waals surface area contributed by atoms with Crippen LogP contribution in [-0.4, -0.2) is 89.1 Å². The van der Waals surface area contributed by atoms with Crippen molar-refractivity contribution in [3.63, 3.8) is 0 Å². The van der Waals surface area contributed by atoms with E-state index in [9.17, 15) is 15.0 Å². The van der Waals surface area contributed by atoms with Crippen molar-refractivity contribution < 1.29 is 25.2 Å². The van der Waals surface area contributed by atoms with Gasteiger partial charge in [-0.1, -0.05) is 37.2 Å². The average molecular weight is 472 g/mol. The summed E-state index contributed by atoms with van der Waals surface area (Å²) in [5, 5.41) is 50.3. The van der Waals surface area contributed by atoms with E-state index in [4.69, 9.17) is 10.2 Å². The highest BCUT2D eigenvalue weighted by molar-refractivity contribution is 7.99. The third-order valence-corrected chi connectivity index (χ3v) is 5.86. The second-order valence-electron chi connectivity index (χ2n) is 7.35. The van der Waals surface area contributed by atoms with Crippen LogP contribution < -0.4 is 10.6 Å². The molecular weight excluding hydrogens is 438 g/mol. The van der Waals surface area contributed by atoms with Crippen LogP contribution in [0, 0.1) is 0 Å². The van der Waals surface area contributed by atoms with Crippen molar-refractivity contribution in [2.75, 3.05) is 30.8 Å². The second kappa shape index (κ2) is 13.4. The van der Waals surface area contributed by atoms with E-state index in [-0.39, 0.29) is 19.2 Å². The maximum atomic E-state index is 10.2. The van der Waals surface area contributed by atoms with Crippen LogP contribution in [0.2, 0.25) is 0 Å². The van der Waals surface area contributed by atoms with Crippen LogP contribution in [0.1, 0.15) is 52.0 Å². The number of carboxylic acid groups (broad SMARTS) is 1. The number of anilines is 1. The minimum atomic E-state index is -1.10. The fourth-order valence-electron chi connectivity index (χ4n) is 3.17. The molecule has 0 spiro atoms. The molecule has 180 valence electrons. The van der Waals surface area contributed by atoms with Crippen molar-refractivity contribution >= 4 is 34.8 Å². The van der Waals surface area contributed by atoms with Crippen molar-refractivity contribution in [3.05, 3.63) is 0 Å². The van der Waals surface area contributed by atoms with E-state index in [2.05, 4.69) is 39.4 Å². The quantitative estimate of drug-likeness (QED) is 0.167. The van der Waals surface area contributed by atoms with Crippen LogP contribution in [0.3, 0.4) is 0 Å². The first-order chi connectivity index (χ1) is 15.4. The van der Waals surface area contributed by atoms with Gasteiger partial charge in [-0.05, 0) is 25.7 Å². The molecule has 1 amide bonds. The molecule has 2 aromatic rings. The van der Waals surface area contributed by atoms with Gasteiger partial charge >= 0.3 is 6.09 Å². The SMILES string of the molecule is CCCCNc1nc(SCCC)nc2c1nnn2[C@@H]1CC[C@@H](O)[C@H]1O.O=C(O)NCCO. The van der Waals surface area contributed by atoms with E-state index in [1.165, 1.54) is 0 Å². The van der Waals surface area contributed by atoms with Gasteiger partial charge in [0.2, 0.25) is 0 Å². The number of nitrogens with one attached hydrogen (secondary N) is 2. The van der Waals surface area contributed by atoms with Crippen molar-refractivity contribution in [2.24, 2.45) is 0 Å². The standard InChI is InChI=1S/C16H26N6O2S.C3H7NO3/c1-3-5-8-17-14-12-15(19-16(18-14)25-9-4-2)22(21-20-12)10-6-7-11(23)13(10)24;5-2-1-4-3(6)7/h10-11,13,23-24H,3-9H2,1-2H3,(H,17,18,19);4-5H,1-2H2,(H,6,7)/t10-,11-,13+;/m1./s1. The fourth-order valence-corrected chi connectivity index (χ4v) is 3.86. The van der Waals surface area contributed by atoms with Crippen molar-refractivity contribution in [3.8, 4) is 0 Å². The highest BCUT2D eigenvalue weighted by atomic mass is 32.2. The fraction of sp³-hybridized carbons (Fsp3) is 0.737. The Morgan fingerprint density at radius 1 is 1.19 bits per heavy atom. The van der Waals surface area contributed by atoms with E-state index >= 15 is 0 Å². The number of aliphatic hydroxyl groups is 3. The summed E-state index contributed by atoms with van der Waals surface area (Å²) in [6.07, 6.45) is 1.72. The van der Waals surface area contributed by atoms with E-state index in [0.29, 0.717) is 35.0 Å². The first kappa shape index (κ1) is 26.0. The molecule has 0 bridgehead atoms. The van der Waals surface area contributed by atoms with Gasteiger partial charge in [0.25, 0.3) is 0 Å². The summed E-state index contributed by atoms with van der Waals surface area (Å²) in [5.74, 6) is 1.63. The third-order valence-electron chi connectivity index (χ3n) is 4.81. The summed E-state index contributed by atoms with van der Waals surface area (Å²) < 4.78 is 1.65. The summed E-state index contributed by atoms with van der Waals surface area (Å²) in [5.41, 5.74) is 1.23. The molecule has 0 unspecified atom stereocenters. The van der Waals surface area contributed by atoms with Gasteiger partial charge in [0, 0.05) is 18.8 Å². The summed E-state index contributed by atoms with van der Waals surface area (Å²) in [4.78, 5) is 18.8. The van der Waals surface area contributed by atoms with Crippen LogP contribution in [-0.2, 0) is 0 Å². The first-order valence-corrected chi connectivity index (χ1v) is 11.8. The van der Waals surface area contributed by atoms with Crippen LogP contribution >= 0.6 is 11.8 Å². The molecule has 1 aliphatic rings. The molecule has 2 aromatic heterocycles. The molecule has 0 saturated heterocycles. The predicted molar refractivity (Wildman–Crippen MR) is 121 cm³/mol. The third kappa shape index (κ3) is 7.15.